The quantitative estimate of drug-likeness (QED) is 0.870. The van der Waals surface area contributed by atoms with Crippen molar-refractivity contribution in [3.8, 4) is 0 Å². The number of aryl methyl sites for hydroxylation is 2. The van der Waals surface area contributed by atoms with E-state index in [0.717, 1.165) is 12.1 Å². The molecule has 2 rings (SSSR count). The average molecular weight is 255 g/mol. The minimum absolute atomic E-state index is 0. The summed E-state index contributed by atoms with van der Waals surface area (Å²) in [4.78, 5) is 11.5. The van der Waals surface area contributed by atoms with Crippen LogP contribution in [0.25, 0.3) is 0 Å². The molecule has 0 radical (unpaired) electrons. The van der Waals surface area contributed by atoms with Crippen LogP contribution in [-0.4, -0.2) is 11.9 Å². The first kappa shape index (κ1) is 14.0. The number of nitrogens with two attached hydrogens (primary N) is 1. The normalized spacial score (nSPS) is 14.7. The molecular weight excluding hydrogens is 236 g/mol. The minimum Gasteiger partial charge on any atom is -0.327 e. The number of fused-ring (bicyclic) bond motifs is 1. The van der Waals surface area contributed by atoms with Gasteiger partial charge in [-0.25, -0.2) is 0 Å². The third-order valence-corrected chi connectivity index (χ3v) is 2.89. The molecule has 3 N–H and O–H groups in total. The van der Waals surface area contributed by atoms with E-state index in [1.54, 1.807) is 0 Å². The number of amides is 1. The number of carbonyl (C=O) groups is 1. The molecule has 1 atom stereocenters. The van der Waals surface area contributed by atoms with Crippen LogP contribution in [0.15, 0.2) is 18.2 Å². The maximum atomic E-state index is 11.5. The van der Waals surface area contributed by atoms with Crippen molar-refractivity contribution in [3.05, 3.63) is 29.3 Å². The lowest BCUT2D eigenvalue weighted by Crippen LogP contribution is -2.24. The summed E-state index contributed by atoms with van der Waals surface area (Å²) >= 11 is 0. The molecule has 1 aliphatic carbocycles. The Morgan fingerprint density at radius 2 is 2.12 bits per heavy atom. The van der Waals surface area contributed by atoms with Crippen molar-refractivity contribution in [2.24, 2.45) is 5.73 Å². The second kappa shape index (κ2) is 6.03. The molecule has 0 saturated carbocycles. The highest BCUT2D eigenvalue weighted by Gasteiger charge is 2.12. The van der Waals surface area contributed by atoms with Crippen LogP contribution >= 0.6 is 12.4 Å². The first-order valence-electron chi connectivity index (χ1n) is 5.82. The molecule has 1 amide bonds. The Morgan fingerprint density at radius 1 is 1.41 bits per heavy atom. The Labute approximate surface area is 108 Å². The van der Waals surface area contributed by atoms with Gasteiger partial charge in [0.15, 0.2) is 0 Å². The highest BCUT2D eigenvalue weighted by atomic mass is 35.5. The van der Waals surface area contributed by atoms with Gasteiger partial charge in [0.2, 0.25) is 5.91 Å². The molecule has 1 aromatic rings. The highest BCUT2D eigenvalue weighted by molar-refractivity contribution is 5.91. The van der Waals surface area contributed by atoms with Gasteiger partial charge < -0.3 is 11.1 Å². The average Bonchev–Trinajstić information content (AvgIpc) is 2.63. The van der Waals surface area contributed by atoms with Gasteiger partial charge in [0.1, 0.15) is 0 Å². The first-order valence-corrected chi connectivity index (χ1v) is 5.82. The van der Waals surface area contributed by atoms with Gasteiger partial charge in [-0.1, -0.05) is 6.07 Å². The predicted molar refractivity (Wildman–Crippen MR) is 72.6 cm³/mol. The number of anilines is 1. The summed E-state index contributed by atoms with van der Waals surface area (Å²) in [6.45, 7) is 1.84. The lowest BCUT2D eigenvalue weighted by atomic mass is 10.1. The zero-order chi connectivity index (χ0) is 11.5. The van der Waals surface area contributed by atoms with E-state index in [2.05, 4.69) is 17.4 Å². The zero-order valence-corrected chi connectivity index (χ0v) is 10.8. The van der Waals surface area contributed by atoms with Crippen molar-refractivity contribution < 1.29 is 4.79 Å². The van der Waals surface area contributed by atoms with E-state index >= 15 is 0 Å². The fourth-order valence-electron chi connectivity index (χ4n) is 2.15. The van der Waals surface area contributed by atoms with E-state index < -0.39 is 0 Å². The second-order valence-electron chi connectivity index (χ2n) is 4.57. The van der Waals surface area contributed by atoms with Gasteiger partial charge in [0, 0.05) is 18.2 Å². The lowest BCUT2D eigenvalue weighted by Gasteiger charge is -2.08. The van der Waals surface area contributed by atoms with Crippen LogP contribution < -0.4 is 11.1 Å². The summed E-state index contributed by atoms with van der Waals surface area (Å²) in [5.41, 5.74) is 9.27. The smallest absolute Gasteiger partial charge is 0.225 e. The van der Waals surface area contributed by atoms with Crippen LogP contribution in [0.2, 0.25) is 0 Å². The first-order chi connectivity index (χ1) is 7.65. The van der Waals surface area contributed by atoms with Gasteiger partial charge in [0.25, 0.3) is 0 Å². The van der Waals surface area contributed by atoms with Gasteiger partial charge in [-0.05, 0) is 49.4 Å². The molecule has 0 fully saturated rings. The molecule has 0 aromatic heterocycles. The van der Waals surface area contributed by atoms with E-state index in [9.17, 15) is 4.79 Å². The Morgan fingerprint density at radius 3 is 2.82 bits per heavy atom. The number of carbonyl (C=O) groups excluding carboxylic acids is 1. The number of benzene rings is 1. The fourth-order valence-corrected chi connectivity index (χ4v) is 2.15. The molecule has 0 aliphatic heterocycles. The van der Waals surface area contributed by atoms with Crippen LogP contribution in [0.5, 0.6) is 0 Å². The minimum atomic E-state index is -0.0885. The Balaban J connectivity index is 0.00000144. The third-order valence-electron chi connectivity index (χ3n) is 2.89. The topological polar surface area (TPSA) is 55.1 Å². The monoisotopic (exact) mass is 254 g/mol. The SMILES string of the molecule is CC(N)CC(=O)Nc1ccc2c(c1)CCC2.Cl. The lowest BCUT2D eigenvalue weighted by molar-refractivity contribution is -0.116. The van der Waals surface area contributed by atoms with Gasteiger partial charge >= 0.3 is 0 Å². The number of nitrogens with one attached hydrogen (secondary N) is 1. The maximum absolute atomic E-state index is 11.5. The Kier molecular flexibility index (Phi) is 4.97. The summed E-state index contributed by atoms with van der Waals surface area (Å²) in [7, 11) is 0. The van der Waals surface area contributed by atoms with Crippen LogP contribution in [0, 0.1) is 0 Å². The molecule has 0 bridgehead atoms. The third kappa shape index (κ3) is 3.72. The summed E-state index contributed by atoms with van der Waals surface area (Å²) < 4.78 is 0. The molecule has 1 aliphatic rings. The van der Waals surface area contributed by atoms with Crippen LogP contribution in [0.1, 0.15) is 30.9 Å². The highest BCUT2D eigenvalue weighted by Crippen LogP contribution is 2.24. The number of hydrogen-bond donors (Lipinski definition) is 2. The second-order valence-corrected chi connectivity index (χ2v) is 4.57. The van der Waals surface area contributed by atoms with Crippen molar-refractivity contribution in [2.75, 3.05) is 5.32 Å². The predicted octanol–water partition coefficient (Wildman–Crippen LogP) is 2.27. The summed E-state index contributed by atoms with van der Waals surface area (Å²) in [6, 6.07) is 6.09. The standard InChI is InChI=1S/C13H18N2O.ClH/c1-9(14)7-13(16)15-12-6-5-10-3-2-4-11(10)8-12;/h5-6,8-9H,2-4,7,14H2,1H3,(H,15,16);1H. The van der Waals surface area contributed by atoms with Crippen molar-refractivity contribution in [2.45, 2.75) is 38.6 Å². The van der Waals surface area contributed by atoms with E-state index in [0.29, 0.717) is 6.42 Å². The summed E-state index contributed by atoms with van der Waals surface area (Å²) in [5.74, 6) is -0.00653. The molecule has 4 heteroatoms. The van der Waals surface area contributed by atoms with Gasteiger partial charge in [-0.15, -0.1) is 12.4 Å². The van der Waals surface area contributed by atoms with E-state index in [1.807, 2.05) is 13.0 Å². The van der Waals surface area contributed by atoms with E-state index in [1.165, 1.54) is 24.0 Å². The molecule has 3 nitrogen and oxygen atoms in total. The number of halogens is 1. The molecule has 0 heterocycles. The van der Waals surface area contributed by atoms with E-state index in [4.69, 9.17) is 5.73 Å². The molecule has 1 unspecified atom stereocenters. The Hall–Kier alpha value is -1.06. The van der Waals surface area contributed by atoms with Crippen molar-refractivity contribution in [1.29, 1.82) is 0 Å². The van der Waals surface area contributed by atoms with Gasteiger partial charge in [-0.3, -0.25) is 4.79 Å². The summed E-state index contributed by atoms with van der Waals surface area (Å²) in [6.07, 6.45) is 3.90. The molecular formula is C13H19ClN2O. The zero-order valence-electron chi connectivity index (χ0n) is 10.0. The molecule has 94 valence electrons. The van der Waals surface area contributed by atoms with Crippen LogP contribution in [0.4, 0.5) is 5.69 Å². The largest absolute Gasteiger partial charge is 0.327 e. The van der Waals surface area contributed by atoms with Crippen molar-refractivity contribution >= 4 is 24.0 Å². The van der Waals surface area contributed by atoms with Crippen LogP contribution in [-0.2, 0) is 17.6 Å². The van der Waals surface area contributed by atoms with E-state index in [-0.39, 0.29) is 24.4 Å². The van der Waals surface area contributed by atoms with Crippen molar-refractivity contribution in [1.82, 2.24) is 0 Å². The number of rotatable bonds is 3. The maximum Gasteiger partial charge on any atom is 0.225 e. The van der Waals surface area contributed by atoms with Gasteiger partial charge in [0.05, 0.1) is 0 Å². The Bertz CT molecular complexity index is 404. The molecule has 0 saturated heterocycles. The van der Waals surface area contributed by atoms with Crippen LogP contribution in [0.3, 0.4) is 0 Å². The van der Waals surface area contributed by atoms with Crippen molar-refractivity contribution in [3.63, 3.8) is 0 Å². The number of hydrogen-bond acceptors (Lipinski definition) is 2. The summed E-state index contributed by atoms with van der Waals surface area (Å²) in [5, 5.41) is 2.88. The molecule has 17 heavy (non-hydrogen) atoms. The fraction of sp³-hybridized carbons (Fsp3) is 0.462. The molecule has 0 spiro atoms. The van der Waals surface area contributed by atoms with Gasteiger partial charge in [-0.2, -0.15) is 0 Å². The molecule has 1 aromatic carbocycles.